The average Bonchev–Trinajstić information content (AvgIpc) is 3.03. The first-order valence-corrected chi connectivity index (χ1v) is 6.56. The molecule has 2 aliphatic rings. The summed E-state index contributed by atoms with van der Waals surface area (Å²) < 4.78 is 13.8. The van der Waals surface area contributed by atoms with Crippen molar-refractivity contribution in [3.05, 3.63) is 41.7 Å². The van der Waals surface area contributed by atoms with Gasteiger partial charge in [-0.2, -0.15) is 0 Å². The van der Waals surface area contributed by atoms with Gasteiger partial charge >= 0.3 is 5.97 Å². The molecule has 4 nitrogen and oxygen atoms in total. The van der Waals surface area contributed by atoms with Gasteiger partial charge in [-0.1, -0.05) is 12.2 Å². The lowest BCUT2D eigenvalue weighted by Gasteiger charge is -2.17. The van der Waals surface area contributed by atoms with Gasteiger partial charge in [0.25, 0.3) is 0 Å². The minimum Gasteiger partial charge on any atom is -0.478 e. The Morgan fingerprint density at radius 2 is 2.05 bits per heavy atom. The van der Waals surface area contributed by atoms with Gasteiger partial charge in [-0.3, -0.25) is 4.79 Å². The van der Waals surface area contributed by atoms with Crippen molar-refractivity contribution in [3.8, 4) is 0 Å². The van der Waals surface area contributed by atoms with Crippen molar-refractivity contribution in [2.45, 2.75) is 12.8 Å². The second kappa shape index (κ2) is 4.74. The molecule has 20 heavy (non-hydrogen) atoms. The number of hydrogen-bond acceptors (Lipinski definition) is 2. The van der Waals surface area contributed by atoms with Gasteiger partial charge in [0.2, 0.25) is 5.91 Å². The minimum absolute atomic E-state index is 0.0340. The molecule has 3 rings (SSSR count). The van der Waals surface area contributed by atoms with Crippen LogP contribution in [-0.2, 0) is 4.79 Å². The SMILES string of the molecule is O=C(O)c1ccc(NC(=O)C2CC3C=CC2C3)c(F)c1. The molecule has 5 heteroatoms. The summed E-state index contributed by atoms with van der Waals surface area (Å²) in [4.78, 5) is 22.9. The Balaban J connectivity index is 1.73. The second-order valence-electron chi connectivity index (χ2n) is 5.38. The van der Waals surface area contributed by atoms with Crippen LogP contribution in [-0.4, -0.2) is 17.0 Å². The number of carboxylic acids is 1. The molecule has 104 valence electrons. The number of benzene rings is 1. The molecule has 0 heterocycles. The summed E-state index contributed by atoms with van der Waals surface area (Å²) >= 11 is 0. The number of allylic oxidation sites excluding steroid dienone is 2. The van der Waals surface area contributed by atoms with Gasteiger partial charge in [-0.25, -0.2) is 9.18 Å². The van der Waals surface area contributed by atoms with Crippen LogP contribution in [0.15, 0.2) is 30.4 Å². The zero-order chi connectivity index (χ0) is 14.3. The molecule has 1 aromatic rings. The lowest BCUT2D eigenvalue weighted by atomic mass is 9.93. The molecule has 2 aliphatic carbocycles. The van der Waals surface area contributed by atoms with E-state index >= 15 is 0 Å². The number of hydrogen-bond donors (Lipinski definition) is 2. The van der Waals surface area contributed by atoms with E-state index in [0.717, 1.165) is 18.9 Å². The molecule has 1 aromatic carbocycles. The monoisotopic (exact) mass is 275 g/mol. The molecule has 2 N–H and O–H groups in total. The molecule has 3 atom stereocenters. The van der Waals surface area contributed by atoms with E-state index in [9.17, 15) is 14.0 Å². The smallest absolute Gasteiger partial charge is 0.335 e. The number of fused-ring (bicyclic) bond motifs is 2. The predicted octanol–water partition coefficient (Wildman–Crippen LogP) is 2.67. The molecule has 0 saturated heterocycles. The highest BCUT2D eigenvalue weighted by atomic mass is 19.1. The lowest BCUT2D eigenvalue weighted by molar-refractivity contribution is -0.120. The molecule has 0 aliphatic heterocycles. The Morgan fingerprint density at radius 1 is 1.25 bits per heavy atom. The largest absolute Gasteiger partial charge is 0.478 e. The minimum atomic E-state index is -1.19. The zero-order valence-corrected chi connectivity index (χ0v) is 10.7. The predicted molar refractivity (Wildman–Crippen MR) is 70.8 cm³/mol. The van der Waals surface area contributed by atoms with Crippen LogP contribution in [0, 0.1) is 23.6 Å². The Kier molecular flexibility index (Phi) is 3.04. The van der Waals surface area contributed by atoms with E-state index < -0.39 is 11.8 Å². The number of carbonyl (C=O) groups is 2. The maximum Gasteiger partial charge on any atom is 0.335 e. The van der Waals surface area contributed by atoms with Crippen LogP contribution >= 0.6 is 0 Å². The van der Waals surface area contributed by atoms with E-state index in [4.69, 9.17) is 5.11 Å². The topological polar surface area (TPSA) is 66.4 Å². The number of amides is 1. The number of rotatable bonds is 3. The number of anilines is 1. The van der Waals surface area contributed by atoms with Gasteiger partial charge in [-0.05, 0) is 42.9 Å². The zero-order valence-electron chi connectivity index (χ0n) is 10.7. The quantitative estimate of drug-likeness (QED) is 0.833. The summed E-state index contributed by atoms with van der Waals surface area (Å²) in [7, 11) is 0. The van der Waals surface area contributed by atoms with Gasteiger partial charge < -0.3 is 10.4 Å². The summed E-state index contributed by atoms with van der Waals surface area (Å²) in [6.45, 7) is 0. The first kappa shape index (κ1) is 12.8. The Hall–Kier alpha value is -2.17. The maximum atomic E-state index is 13.8. The normalized spacial score (nSPS) is 26.8. The third-order valence-corrected chi connectivity index (χ3v) is 4.09. The van der Waals surface area contributed by atoms with E-state index in [0.29, 0.717) is 5.92 Å². The van der Waals surface area contributed by atoms with Gasteiger partial charge in [0.05, 0.1) is 11.3 Å². The van der Waals surface area contributed by atoms with Crippen molar-refractivity contribution < 1.29 is 19.1 Å². The molecule has 0 spiro atoms. The van der Waals surface area contributed by atoms with Crippen molar-refractivity contribution >= 4 is 17.6 Å². The fraction of sp³-hybridized carbons (Fsp3) is 0.333. The molecule has 1 fully saturated rings. The highest BCUT2D eigenvalue weighted by molar-refractivity contribution is 5.94. The first-order valence-electron chi connectivity index (χ1n) is 6.56. The molecule has 0 aromatic heterocycles. The van der Waals surface area contributed by atoms with Crippen molar-refractivity contribution in [2.75, 3.05) is 5.32 Å². The summed E-state index contributed by atoms with van der Waals surface area (Å²) in [5, 5.41) is 11.3. The molecular formula is C15H14FNO3. The van der Waals surface area contributed by atoms with Crippen LogP contribution in [0.2, 0.25) is 0 Å². The molecule has 1 saturated carbocycles. The van der Waals surface area contributed by atoms with Crippen LogP contribution in [0.25, 0.3) is 0 Å². The Morgan fingerprint density at radius 3 is 2.60 bits per heavy atom. The number of halogens is 1. The van der Waals surface area contributed by atoms with Crippen molar-refractivity contribution in [2.24, 2.45) is 17.8 Å². The molecule has 1 amide bonds. The lowest BCUT2D eigenvalue weighted by Crippen LogP contribution is -2.26. The fourth-order valence-corrected chi connectivity index (χ4v) is 3.06. The highest BCUT2D eigenvalue weighted by Crippen LogP contribution is 2.43. The van der Waals surface area contributed by atoms with Crippen molar-refractivity contribution in [1.82, 2.24) is 0 Å². The van der Waals surface area contributed by atoms with E-state index in [2.05, 4.69) is 17.5 Å². The summed E-state index contributed by atoms with van der Waals surface area (Å²) in [6, 6.07) is 3.49. The van der Waals surface area contributed by atoms with Crippen LogP contribution in [0.5, 0.6) is 0 Å². The summed E-state index contributed by atoms with van der Waals surface area (Å²) in [5.41, 5.74) is -0.102. The average molecular weight is 275 g/mol. The number of aromatic carboxylic acids is 1. The third-order valence-electron chi connectivity index (χ3n) is 4.09. The fourth-order valence-electron chi connectivity index (χ4n) is 3.06. The second-order valence-corrected chi connectivity index (χ2v) is 5.38. The molecule has 3 unspecified atom stereocenters. The molecular weight excluding hydrogens is 261 g/mol. The van der Waals surface area contributed by atoms with Crippen molar-refractivity contribution in [1.29, 1.82) is 0 Å². The van der Waals surface area contributed by atoms with E-state index in [1.165, 1.54) is 12.1 Å². The maximum absolute atomic E-state index is 13.8. The van der Waals surface area contributed by atoms with E-state index in [1.54, 1.807) is 0 Å². The number of nitrogens with one attached hydrogen (secondary N) is 1. The summed E-state index contributed by atoms with van der Waals surface area (Å²) in [6.07, 6.45) is 6.00. The van der Waals surface area contributed by atoms with Crippen molar-refractivity contribution in [3.63, 3.8) is 0 Å². The summed E-state index contributed by atoms with van der Waals surface area (Å²) in [5.74, 6) is -1.50. The standard InChI is InChI=1S/C15H14FNO3/c16-12-7-10(15(19)20)3-4-13(12)17-14(18)11-6-8-1-2-9(11)5-8/h1-4,7-9,11H,5-6H2,(H,17,18)(H,19,20). The first-order chi connectivity index (χ1) is 9.54. The number of carbonyl (C=O) groups excluding carboxylic acids is 1. The van der Waals surface area contributed by atoms with Gasteiger partial charge in [-0.15, -0.1) is 0 Å². The van der Waals surface area contributed by atoms with Crippen LogP contribution in [0.4, 0.5) is 10.1 Å². The van der Waals surface area contributed by atoms with Gasteiger partial charge in [0, 0.05) is 5.92 Å². The van der Waals surface area contributed by atoms with E-state index in [1.807, 2.05) is 0 Å². The highest BCUT2D eigenvalue weighted by Gasteiger charge is 2.39. The van der Waals surface area contributed by atoms with Gasteiger partial charge in [0.15, 0.2) is 0 Å². The Bertz CT molecular complexity index is 611. The van der Waals surface area contributed by atoms with Crippen LogP contribution < -0.4 is 5.32 Å². The number of carboxylic acid groups (broad SMARTS) is 1. The van der Waals surface area contributed by atoms with Crippen LogP contribution in [0.3, 0.4) is 0 Å². The molecule has 2 bridgehead atoms. The van der Waals surface area contributed by atoms with Crippen LogP contribution in [0.1, 0.15) is 23.2 Å². The third kappa shape index (κ3) is 2.19. The molecule has 0 radical (unpaired) electrons. The van der Waals surface area contributed by atoms with E-state index in [-0.39, 0.29) is 29.0 Å². The Labute approximate surface area is 115 Å². The van der Waals surface area contributed by atoms with Gasteiger partial charge in [0.1, 0.15) is 5.82 Å².